The average molecular weight is 351 g/mol. The maximum atomic E-state index is 12.8. The van der Waals surface area contributed by atoms with Crippen LogP contribution in [0, 0.1) is 17.0 Å². The molecule has 0 unspecified atom stereocenters. The van der Waals surface area contributed by atoms with E-state index in [2.05, 4.69) is 0 Å². The minimum atomic E-state index is -0.410. The molecule has 0 N–H and O–H groups in total. The summed E-state index contributed by atoms with van der Waals surface area (Å²) in [5, 5.41) is 11.5. The molecule has 0 spiro atoms. The van der Waals surface area contributed by atoms with Crippen molar-refractivity contribution >= 4 is 28.9 Å². The number of carbonyl (C=O) groups excluding carboxylic acids is 2. The zero-order valence-corrected chi connectivity index (χ0v) is 14.3. The van der Waals surface area contributed by atoms with Gasteiger partial charge in [0, 0.05) is 19.2 Å². The normalized spacial score (nSPS) is 16.3. The lowest BCUT2D eigenvalue weighted by Crippen LogP contribution is -2.30. The van der Waals surface area contributed by atoms with Crippen LogP contribution in [-0.4, -0.2) is 29.8 Å². The second-order valence-corrected chi connectivity index (χ2v) is 6.57. The summed E-state index contributed by atoms with van der Waals surface area (Å²) in [5.41, 5.74) is 2.11. The fraction of sp³-hybridized carbons (Fsp3) is 0.263. The molecule has 0 radical (unpaired) electrons. The minimum Gasteiger partial charge on any atom is -0.366 e. The molecule has 1 fully saturated rings. The second kappa shape index (κ2) is 5.94. The van der Waals surface area contributed by atoms with Crippen LogP contribution in [0.5, 0.6) is 0 Å². The van der Waals surface area contributed by atoms with Crippen molar-refractivity contribution in [2.75, 3.05) is 22.9 Å². The van der Waals surface area contributed by atoms with Crippen molar-refractivity contribution in [3.8, 4) is 0 Å². The summed E-state index contributed by atoms with van der Waals surface area (Å²) in [6, 6.07) is 9.74. The third-order valence-electron chi connectivity index (χ3n) is 4.97. The molecule has 132 valence electrons. The molecular weight excluding hydrogens is 334 g/mol. The van der Waals surface area contributed by atoms with Crippen LogP contribution in [0.4, 0.5) is 17.1 Å². The third-order valence-corrected chi connectivity index (χ3v) is 4.97. The van der Waals surface area contributed by atoms with Crippen LogP contribution in [0.25, 0.3) is 0 Å². The third kappa shape index (κ3) is 2.35. The van der Waals surface area contributed by atoms with E-state index in [-0.39, 0.29) is 5.69 Å². The Labute approximate surface area is 150 Å². The van der Waals surface area contributed by atoms with E-state index in [1.807, 2.05) is 4.90 Å². The number of rotatable bonds is 3. The van der Waals surface area contributed by atoms with E-state index in [1.165, 1.54) is 6.07 Å². The zero-order valence-electron chi connectivity index (χ0n) is 14.3. The molecule has 0 aromatic heterocycles. The molecule has 0 saturated carbocycles. The van der Waals surface area contributed by atoms with Crippen LogP contribution in [0.15, 0.2) is 36.4 Å². The molecule has 4 rings (SSSR count). The van der Waals surface area contributed by atoms with Crippen molar-refractivity contribution in [3.05, 3.63) is 63.2 Å². The molecule has 1 saturated heterocycles. The Hall–Kier alpha value is -3.22. The molecule has 2 aromatic rings. The molecule has 2 aromatic carbocycles. The SMILES string of the molecule is Cc1cc([N+](=O)[O-])c(N2CCCC2)cc1N1C(=O)c2ccccc2C1=O. The molecule has 0 aliphatic carbocycles. The van der Waals surface area contributed by atoms with Gasteiger partial charge in [-0.15, -0.1) is 0 Å². The Morgan fingerprint density at radius 1 is 0.962 bits per heavy atom. The highest BCUT2D eigenvalue weighted by Gasteiger charge is 2.38. The monoisotopic (exact) mass is 351 g/mol. The number of nitro benzene ring substituents is 1. The van der Waals surface area contributed by atoms with Crippen molar-refractivity contribution in [2.45, 2.75) is 19.8 Å². The van der Waals surface area contributed by atoms with Crippen molar-refractivity contribution in [3.63, 3.8) is 0 Å². The average Bonchev–Trinajstić information content (AvgIpc) is 3.24. The van der Waals surface area contributed by atoms with Crippen LogP contribution in [0.3, 0.4) is 0 Å². The van der Waals surface area contributed by atoms with Gasteiger partial charge >= 0.3 is 0 Å². The van der Waals surface area contributed by atoms with Crippen LogP contribution in [-0.2, 0) is 0 Å². The van der Waals surface area contributed by atoms with Crippen LogP contribution in [0.1, 0.15) is 39.1 Å². The van der Waals surface area contributed by atoms with Crippen molar-refractivity contribution in [1.29, 1.82) is 0 Å². The number of anilines is 2. The molecule has 2 heterocycles. The van der Waals surface area contributed by atoms with E-state index in [0.29, 0.717) is 28.1 Å². The summed E-state index contributed by atoms with van der Waals surface area (Å²) in [7, 11) is 0. The summed E-state index contributed by atoms with van der Waals surface area (Å²) in [6.07, 6.45) is 1.93. The van der Waals surface area contributed by atoms with Gasteiger partial charge in [-0.25, -0.2) is 4.90 Å². The zero-order chi connectivity index (χ0) is 18.4. The number of imide groups is 1. The van der Waals surface area contributed by atoms with Gasteiger partial charge in [-0.2, -0.15) is 0 Å². The summed E-state index contributed by atoms with van der Waals surface area (Å²) < 4.78 is 0. The van der Waals surface area contributed by atoms with Gasteiger partial charge < -0.3 is 4.90 Å². The van der Waals surface area contributed by atoms with E-state index in [1.54, 1.807) is 37.3 Å². The number of aryl methyl sites for hydroxylation is 1. The smallest absolute Gasteiger partial charge is 0.292 e. The molecule has 2 amide bonds. The lowest BCUT2D eigenvalue weighted by molar-refractivity contribution is -0.384. The Morgan fingerprint density at radius 3 is 2.08 bits per heavy atom. The summed E-state index contributed by atoms with van der Waals surface area (Å²) in [5.74, 6) is -0.787. The predicted octanol–water partition coefficient (Wildman–Crippen LogP) is 3.30. The van der Waals surface area contributed by atoms with Gasteiger partial charge in [-0.05, 0) is 43.5 Å². The first-order valence-corrected chi connectivity index (χ1v) is 8.51. The second-order valence-electron chi connectivity index (χ2n) is 6.57. The fourth-order valence-corrected chi connectivity index (χ4v) is 3.68. The fourth-order valence-electron chi connectivity index (χ4n) is 3.68. The topological polar surface area (TPSA) is 83.8 Å². The predicted molar refractivity (Wildman–Crippen MR) is 96.9 cm³/mol. The molecule has 2 aliphatic rings. The molecule has 7 heteroatoms. The van der Waals surface area contributed by atoms with E-state index in [9.17, 15) is 19.7 Å². The Bertz CT molecular complexity index is 913. The highest BCUT2D eigenvalue weighted by molar-refractivity contribution is 6.34. The number of carbonyl (C=O) groups is 2. The largest absolute Gasteiger partial charge is 0.366 e. The van der Waals surface area contributed by atoms with Gasteiger partial charge in [0.25, 0.3) is 17.5 Å². The standard InChI is InChI=1S/C19H17N3O4/c1-12-10-17(22(25)26)16(20-8-4-5-9-20)11-15(12)21-18(23)13-6-2-3-7-14(13)19(21)24/h2-3,6-7,10-11H,4-5,8-9H2,1H3. The van der Waals surface area contributed by atoms with Crippen molar-refractivity contribution in [1.82, 2.24) is 0 Å². The number of fused-ring (bicyclic) bond motifs is 1. The minimum absolute atomic E-state index is 0.00441. The van der Waals surface area contributed by atoms with Crippen LogP contribution < -0.4 is 9.80 Å². The van der Waals surface area contributed by atoms with Gasteiger partial charge in [-0.1, -0.05) is 12.1 Å². The Morgan fingerprint density at radius 2 is 1.54 bits per heavy atom. The first-order chi connectivity index (χ1) is 12.5. The highest BCUT2D eigenvalue weighted by Crippen LogP contribution is 2.39. The van der Waals surface area contributed by atoms with Crippen molar-refractivity contribution in [2.24, 2.45) is 0 Å². The van der Waals surface area contributed by atoms with E-state index >= 15 is 0 Å². The highest BCUT2D eigenvalue weighted by atomic mass is 16.6. The van der Waals surface area contributed by atoms with Crippen molar-refractivity contribution < 1.29 is 14.5 Å². The number of hydrogen-bond acceptors (Lipinski definition) is 5. The van der Waals surface area contributed by atoms with Gasteiger partial charge in [-0.3, -0.25) is 19.7 Å². The number of amides is 2. The Kier molecular flexibility index (Phi) is 3.72. The lowest BCUT2D eigenvalue weighted by Gasteiger charge is -2.22. The molecule has 0 bridgehead atoms. The molecule has 0 atom stereocenters. The Balaban J connectivity index is 1.85. The van der Waals surface area contributed by atoms with Gasteiger partial charge in [0.1, 0.15) is 5.69 Å². The first kappa shape index (κ1) is 16.3. The molecule has 26 heavy (non-hydrogen) atoms. The lowest BCUT2D eigenvalue weighted by atomic mass is 10.1. The van der Waals surface area contributed by atoms with E-state index in [4.69, 9.17) is 0 Å². The van der Waals surface area contributed by atoms with Crippen LogP contribution >= 0.6 is 0 Å². The van der Waals surface area contributed by atoms with Gasteiger partial charge in [0.2, 0.25) is 0 Å². The summed E-state index contributed by atoms with van der Waals surface area (Å²) in [4.78, 5) is 39.7. The molecule has 7 nitrogen and oxygen atoms in total. The maximum Gasteiger partial charge on any atom is 0.292 e. The molecule has 2 aliphatic heterocycles. The summed E-state index contributed by atoms with van der Waals surface area (Å²) in [6.45, 7) is 3.14. The number of benzene rings is 2. The van der Waals surface area contributed by atoms with Crippen LogP contribution in [0.2, 0.25) is 0 Å². The summed E-state index contributed by atoms with van der Waals surface area (Å²) >= 11 is 0. The number of nitrogens with zero attached hydrogens (tertiary/aromatic N) is 3. The van der Waals surface area contributed by atoms with E-state index < -0.39 is 16.7 Å². The number of nitro groups is 1. The molecular formula is C19H17N3O4. The maximum absolute atomic E-state index is 12.8. The number of hydrogen-bond donors (Lipinski definition) is 0. The van der Waals surface area contributed by atoms with Gasteiger partial charge in [0.15, 0.2) is 0 Å². The van der Waals surface area contributed by atoms with E-state index in [0.717, 1.165) is 30.8 Å². The quantitative estimate of drug-likeness (QED) is 0.481. The van der Waals surface area contributed by atoms with Gasteiger partial charge in [0.05, 0.1) is 21.7 Å². The first-order valence-electron chi connectivity index (χ1n) is 8.51.